The number of pyridine rings is 1. The number of hydrogen-bond donors (Lipinski definition) is 2. The molecule has 0 radical (unpaired) electrons. The number of ether oxygens (including phenoxy) is 3. The minimum Gasteiger partial charge on any atom is -0.494 e. The fourth-order valence-electron chi connectivity index (χ4n) is 8.21. The largest absolute Gasteiger partial charge is 0.494 e. The second kappa shape index (κ2) is 23.3. The van der Waals surface area contributed by atoms with Crippen LogP contribution >= 0.6 is 23.6 Å². The maximum absolute atomic E-state index is 13.9. The Balaban J connectivity index is 0.841. The number of hydrogen-bond acceptors (Lipinski definition) is 12. The van der Waals surface area contributed by atoms with Gasteiger partial charge in [0.25, 0.3) is 5.91 Å². The molecule has 6 rings (SSSR count). The molecule has 2 aliphatic rings. The van der Waals surface area contributed by atoms with Crippen molar-refractivity contribution in [1.82, 2.24) is 25.5 Å². The first-order chi connectivity index (χ1) is 33.2. The molecule has 2 aliphatic heterocycles. The normalized spacial score (nSPS) is 16.3. The van der Waals surface area contributed by atoms with Crippen molar-refractivity contribution in [2.45, 2.75) is 110 Å². The van der Waals surface area contributed by atoms with Crippen LogP contribution in [-0.2, 0) is 41.4 Å². The van der Waals surface area contributed by atoms with Crippen LogP contribution in [0.3, 0.4) is 0 Å². The lowest BCUT2D eigenvalue weighted by Gasteiger charge is -2.35. The summed E-state index contributed by atoms with van der Waals surface area (Å²) in [5.41, 5.74) is 1.24. The van der Waals surface area contributed by atoms with Gasteiger partial charge in [0.05, 0.1) is 40.1 Å². The number of benzene rings is 2. The number of anilines is 2. The van der Waals surface area contributed by atoms with Crippen LogP contribution in [0.5, 0.6) is 5.75 Å². The van der Waals surface area contributed by atoms with Crippen LogP contribution in [0.25, 0.3) is 10.4 Å². The van der Waals surface area contributed by atoms with Gasteiger partial charge in [-0.15, -0.1) is 11.3 Å². The number of halogens is 3. The zero-order valence-corrected chi connectivity index (χ0v) is 41.8. The molecule has 2 aromatic carbocycles. The van der Waals surface area contributed by atoms with Gasteiger partial charge in [-0.2, -0.15) is 18.4 Å². The summed E-state index contributed by atoms with van der Waals surface area (Å²) in [4.78, 5) is 67.0. The number of carbonyl (C=O) groups is 4. The van der Waals surface area contributed by atoms with Gasteiger partial charge < -0.3 is 34.6 Å². The molecule has 20 heteroatoms. The van der Waals surface area contributed by atoms with E-state index in [1.165, 1.54) is 6.07 Å². The van der Waals surface area contributed by atoms with Crippen LogP contribution in [-0.4, -0.2) is 101 Å². The number of rotatable bonds is 21. The van der Waals surface area contributed by atoms with Crippen molar-refractivity contribution in [2.75, 3.05) is 49.4 Å². The maximum Gasteiger partial charge on any atom is 0.419 e. The summed E-state index contributed by atoms with van der Waals surface area (Å²) in [6.07, 6.45) is 0.396. The molecule has 2 N–H and O–H groups in total. The number of amides is 4. The van der Waals surface area contributed by atoms with Crippen LogP contribution in [0, 0.1) is 23.7 Å². The number of nitrogens with one attached hydrogen (secondary N) is 2. The first-order valence-electron chi connectivity index (χ1n) is 23.1. The van der Waals surface area contributed by atoms with E-state index in [1.807, 2.05) is 57.5 Å². The lowest BCUT2D eigenvalue weighted by atomic mass is 9.85. The van der Waals surface area contributed by atoms with E-state index in [4.69, 9.17) is 31.7 Å². The Morgan fingerprint density at radius 3 is 2.30 bits per heavy atom. The van der Waals surface area contributed by atoms with E-state index < -0.39 is 52.3 Å². The van der Waals surface area contributed by atoms with Gasteiger partial charge in [-0.05, 0) is 118 Å². The zero-order valence-electron chi connectivity index (χ0n) is 40.2. The SMILES string of the molecule is Cc1ncsc1-c1ccc(CNC(=O)[C@@H]2CCCN2C(=O)[C@@H](NC(=O)COCCCOCCCCCOc2ccc(N3C(=S)N(c4cnc(C#N)c(C(F)(F)F)c4)C(=O)C3(C)C)cc2)C(C)(C)C)cc1. The Morgan fingerprint density at radius 1 is 0.957 bits per heavy atom. The fraction of sp³-hybridized carbons (Fsp3) is 0.480. The average molecular weight is 1010 g/mol. The molecule has 2 aromatic heterocycles. The number of unbranched alkanes of at least 4 members (excludes halogenated alkanes) is 2. The molecule has 4 heterocycles. The smallest absolute Gasteiger partial charge is 0.419 e. The predicted octanol–water partition coefficient (Wildman–Crippen LogP) is 8.13. The highest BCUT2D eigenvalue weighted by Crippen LogP contribution is 2.39. The monoisotopic (exact) mass is 1000 g/mol. The van der Waals surface area contributed by atoms with Gasteiger partial charge in [-0.3, -0.25) is 24.1 Å². The molecule has 0 bridgehead atoms. The van der Waals surface area contributed by atoms with Crippen LogP contribution < -0.4 is 25.2 Å². The van der Waals surface area contributed by atoms with E-state index in [0.29, 0.717) is 76.3 Å². The van der Waals surface area contributed by atoms with Crippen molar-refractivity contribution in [3.8, 4) is 22.3 Å². The third-order valence-electron chi connectivity index (χ3n) is 12.0. The molecular formula is C50H59F3N8O7S2. The third-order valence-corrected chi connectivity index (χ3v) is 13.3. The Labute approximate surface area is 415 Å². The van der Waals surface area contributed by atoms with Crippen molar-refractivity contribution in [2.24, 2.45) is 5.41 Å². The van der Waals surface area contributed by atoms with E-state index in [-0.39, 0.29) is 29.2 Å². The molecule has 0 unspecified atom stereocenters. The lowest BCUT2D eigenvalue weighted by Crippen LogP contribution is -2.58. The molecule has 4 aromatic rings. The highest BCUT2D eigenvalue weighted by molar-refractivity contribution is 7.81. The van der Waals surface area contributed by atoms with Gasteiger partial charge in [-0.1, -0.05) is 45.0 Å². The number of alkyl halides is 3. The molecule has 0 aliphatic carbocycles. The fourth-order valence-corrected chi connectivity index (χ4v) is 9.55. The highest BCUT2D eigenvalue weighted by atomic mass is 32.1. The topological polar surface area (TPSA) is 179 Å². The highest BCUT2D eigenvalue weighted by Gasteiger charge is 2.51. The van der Waals surface area contributed by atoms with Crippen molar-refractivity contribution in [3.63, 3.8) is 0 Å². The summed E-state index contributed by atoms with van der Waals surface area (Å²) in [5.74, 6) is -0.899. The van der Waals surface area contributed by atoms with E-state index in [9.17, 15) is 32.3 Å². The summed E-state index contributed by atoms with van der Waals surface area (Å²) >= 11 is 7.18. The number of nitriles is 1. The first kappa shape index (κ1) is 53.3. The maximum atomic E-state index is 13.9. The quantitative estimate of drug-likeness (QED) is 0.0606. The Kier molecular flexibility index (Phi) is 17.7. The molecule has 0 saturated carbocycles. The number of likely N-dealkylation sites (tertiary alicyclic amines) is 1. The summed E-state index contributed by atoms with van der Waals surface area (Å²) in [6.45, 7) is 13.1. The van der Waals surface area contributed by atoms with Crippen LogP contribution in [0.2, 0.25) is 0 Å². The van der Waals surface area contributed by atoms with Gasteiger partial charge >= 0.3 is 6.18 Å². The minimum atomic E-state index is -4.86. The number of aryl methyl sites for hydroxylation is 1. The third kappa shape index (κ3) is 13.0. The molecule has 15 nitrogen and oxygen atoms in total. The number of nitrogens with zero attached hydrogens (tertiary/aromatic N) is 6. The molecule has 70 heavy (non-hydrogen) atoms. The standard InChI is InChI=1S/C50H59F3N8O7S2/c1-32-42(70-31-57-32)34-15-13-33(14-16-34)28-56-44(63)40-12-10-21-59(40)45(64)43(48(2,3)4)58-41(62)30-67-24-11-23-66-22-8-7-9-25-68-37-19-17-35(18-20-37)61-47(69)60(46(65)49(61,5)6)36-26-38(50(51,52)53)39(27-54)55-29-36/h13-20,26,29,31,40,43H,7-12,21-25,28,30H2,1-6H3,(H,56,63)(H,58,62)/t40-,43+/m0/s1. The van der Waals surface area contributed by atoms with Gasteiger partial charge in [0, 0.05) is 38.6 Å². The summed E-state index contributed by atoms with van der Waals surface area (Å²) in [5, 5.41) is 15.0. The van der Waals surface area contributed by atoms with E-state index in [0.717, 1.165) is 52.1 Å². The predicted molar refractivity (Wildman–Crippen MR) is 263 cm³/mol. The Hall–Kier alpha value is -6.01. The molecule has 4 amide bonds. The molecule has 0 spiro atoms. The van der Waals surface area contributed by atoms with Crippen LogP contribution in [0.4, 0.5) is 24.5 Å². The van der Waals surface area contributed by atoms with Crippen LogP contribution in [0.1, 0.15) is 95.7 Å². The van der Waals surface area contributed by atoms with Crippen molar-refractivity contribution >= 4 is 63.7 Å². The number of thiocarbonyl (C=S) groups is 1. The number of carbonyl (C=O) groups excluding carboxylic acids is 4. The minimum absolute atomic E-state index is 0.0332. The molecule has 374 valence electrons. The van der Waals surface area contributed by atoms with Gasteiger partial charge in [0.15, 0.2) is 10.8 Å². The van der Waals surface area contributed by atoms with Gasteiger partial charge in [-0.25, -0.2) is 9.97 Å². The Morgan fingerprint density at radius 2 is 1.64 bits per heavy atom. The number of thiazole rings is 1. The summed E-state index contributed by atoms with van der Waals surface area (Å²) < 4.78 is 58.3. The van der Waals surface area contributed by atoms with Crippen LogP contribution in [0.15, 0.2) is 66.3 Å². The zero-order chi connectivity index (χ0) is 50.8. The van der Waals surface area contributed by atoms with Crippen molar-refractivity contribution in [1.29, 1.82) is 5.26 Å². The van der Waals surface area contributed by atoms with Gasteiger partial charge in [0.1, 0.15) is 36.0 Å². The van der Waals surface area contributed by atoms with Crippen molar-refractivity contribution < 1.29 is 46.6 Å². The first-order valence-corrected chi connectivity index (χ1v) is 24.4. The Bertz CT molecular complexity index is 2540. The molecular weight excluding hydrogens is 946 g/mol. The number of aromatic nitrogens is 2. The second-order valence-corrected chi connectivity index (χ2v) is 19.9. The van der Waals surface area contributed by atoms with Crippen molar-refractivity contribution in [3.05, 3.63) is 88.8 Å². The van der Waals surface area contributed by atoms with E-state index >= 15 is 0 Å². The summed E-state index contributed by atoms with van der Waals surface area (Å²) in [6, 6.07) is 15.5. The van der Waals surface area contributed by atoms with E-state index in [1.54, 1.807) is 59.2 Å². The van der Waals surface area contributed by atoms with Gasteiger partial charge in [0.2, 0.25) is 17.7 Å². The molecule has 2 fully saturated rings. The lowest BCUT2D eigenvalue weighted by molar-refractivity contribution is -0.144. The average Bonchev–Trinajstić information content (AvgIpc) is 4.03. The second-order valence-electron chi connectivity index (χ2n) is 18.7. The summed E-state index contributed by atoms with van der Waals surface area (Å²) in [7, 11) is 0. The van der Waals surface area contributed by atoms with E-state index in [2.05, 4.69) is 20.6 Å². The molecule has 2 saturated heterocycles. The molecule has 2 atom stereocenters.